The summed E-state index contributed by atoms with van der Waals surface area (Å²) in [5.74, 6) is 0.00176. The van der Waals surface area contributed by atoms with Crippen LogP contribution in [0.1, 0.15) is 23.0 Å². The number of hydrogen-bond donors (Lipinski definition) is 1. The summed E-state index contributed by atoms with van der Waals surface area (Å²) in [7, 11) is 0. The quantitative estimate of drug-likeness (QED) is 0.811. The standard InChI is InChI=1S/C12H10BrClN2OS/c1-6-10(7(2)17)12(18-16-6)15-9-5-3-4-8(14)11(9)13/h3-5,15H,1-2H3. The van der Waals surface area contributed by atoms with E-state index in [0.29, 0.717) is 10.6 Å². The molecule has 0 radical (unpaired) electrons. The van der Waals surface area contributed by atoms with Crippen molar-refractivity contribution in [1.82, 2.24) is 4.37 Å². The third kappa shape index (κ3) is 2.58. The Morgan fingerprint density at radius 2 is 2.22 bits per heavy atom. The molecule has 2 aromatic rings. The van der Waals surface area contributed by atoms with E-state index < -0.39 is 0 Å². The minimum atomic E-state index is 0.00176. The van der Waals surface area contributed by atoms with Crippen LogP contribution in [0.25, 0.3) is 0 Å². The number of benzene rings is 1. The number of anilines is 2. The molecule has 0 atom stereocenters. The number of carbonyl (C=O) groups is 1. The lowest BCUT2D eigenvalue weighted by molar-refractivity contribution is 0.101. The van der Waals surface area contributed by atoms with Crippen molar-refractivity contribution in [2.75, 3.05) is 5.32 Å². The highest BCUT2D eigenvalue weighted by Crippen LogP contribution is 2.35. The molecule has 1 N–H and O–H groups in total. The van der Waals surface area contributed by atoms with E-state index in [4.69, 9.17) is 11.6 Å². The maximum Gasteiger partial charge on any atom is 0.164 e. The van der Waals surface area contributed by atoms with Gasteiger partial charge < -0.3 is 5.32 Å². The Morgan fingerprint density at radius 3 is 2.89 bits per heavy atom. The summed E-state index contributed by atoms with van der Waals surface area (Å²) < 4.78 is 4.97. The molecule has 0 spiro atoms. The van der Waals surface area contributed by atoms with Gasteiger partial charge >= 0.3 is 0 Å². The number of Topliss-reactive ketones (excluding diaryl/α,β-unsaturated/α-hetero) is 1. The van der Waals surface area contributed by atoms with Crippen molar-refractivity contribution in [3.8, 4) is 0 Å². The molecule has 0 saturated heterocycles. The average molecular weight is 346 g/mol. The van der Waals surface area contributed by atoms with E-state index in [1.54, 1.807) is 6.07 Å². The number of ketones is 1. The number of carbonyl (C=O) groups excluding carboxylic acids is 1. The maximum absolute atomic E-state index is 11.6. The van der Waals surface area contributed by atoms with Gasteiger partial charge in [-0.1, -0.05) is 17.7 Å². The molecule has 1 aromatic carbocycles. The highest BCUT2D eigenvalue weighted by atomic mass is 79.9. The Labute approximate surface area is 122 Å². The fraction of sp³-hybridized carbons (Fsp3) is 0.167. The molecule has 0 aliphatic heterocycles. The summed E-state index contributed by atoms with van der Waals surface area (Å²) in [5, 5.41) is 4.54. The fourth-order valence-electron chi connectivity index (χ4n) is 1.59. The average Bonchev–Trinajstić information content (AvgIpc) is 2.66. The molecular weight excluding hydrogens is 336 g/mol. The Bertz CT molecular complexity index is 612. The predicted molar refractivity (Wildman–Crippen MR) is 79.3 cm³/mol. The van der Waals surface area contributed by atoms with Crippen molar-refractivity contribution in [3.63, 3.8) is 0 Å². The Morgan fingerprint density at radius 1 is 1.50 bits per heavy atom. The van der Waals surface area contributed by atoms with E-state index in [9.17, 15) is 4.79 Å². The zero-order chi connectivity index (χ0) is 13.3. The molecule has 0 saturated carbocycles. The number of aryl methyl sites for hydroxylation is 1. The molecule has 0 unspecified atom stereocenters. The molecule has 0 fully saturated rings. The first kappa shape index (κ1) is 13.5. The van der Waals surface area contributed by atoms with Gasteiger partial charge in [0.2, 0.25) is 0 Å². The van der Waals surface area contributed by atoms with E-state index in [0.717, 1.165) is 20.9 Å². The topological polar surface area (TPSA) is 42.0 Å². The first-order chi connectivity index (χ1) is 8.50. The van der Waals surface area contributed by atoms with Crippen molar-refractivity contribution in [2.24, 2.45) is 0 Å². The molecule has 0 bridgehead atoms. The van der Waals surface area contributed by atoms with Crippen LogP contribution in [-0.4, -0.2) is 10.2 Å². The molecule has 0 aliphatic carbocycles. The Kier molecular flexibility index (Phi) is 4.04. The van der Waals surface area contributed by atoms with Gasteiger partial charge in [-0.25, -0.2) is 0 Å². The molecule has 2 rings (SSSR count). The SMILES string of the molecule is CC(=O)c1c(C)nsc1Nc1cccc(Cl)c1Br. The van der Waals surface area contributed by atoms with Crippen LogP contribution < -0.4 is 5.32 Å². The monoisotopic (exact) mass is 344 g/mol. The van der Waals surface area contributed by atoms with E-state index >= 15 is 0 Å². The van der Waals surface area contributed by atoms with Gasteiger partial charge in [-0.05, 0) is 53.4 Å². The van der Waals surface area contributed by atoms with Gasteiger partial charge in [-0.15, -0.1) is 0 Å². The summed E-state index contributed by atoms with van der Waals surface area (Å²) in [6.45, 7) is 3.36. The van der Waals surface area contributed by atoms with Gasteiger partial charge in [0, 0.05) is 0 Å². The molecule has 3 nitrogen and oxygen atoms in total. The Hall–Kier alpha value is -0.910. The number of nitrogens with zero attached hydrogens (tertiary/aromatic N) is 1. The lowest BCUT2D eigenvalue weighted by Gasteiger charge is -2.08. The molecule has 0 aliphatic rings. The zero-order valence-electron chi connectivity index (χ0n) is 9.75. The molecule has 1 heterocycles. The van der Waals surface area contributed by atoms with Gasteiger partial charge in [0.15, 0.2) is 5.78 Å². The largest absolute Gasteiger partial charge is 0.344 e. The zero-order valence-corrected chi connectivity index (χ0v) is 12.9. The number of halogens is 2. The van der Waals surface area contributed by atoms with Crippen LogP contribution in [0.3, 0.4) is 0 Å². The molecule has 18 heavy (non-hydrogen) atoms. The number of aromatic nitrogens is 1. The Balaban J connectivity index is 2.41. The summed E-state index contributed by atoms with van der Waals surface area (Å²) in [6, 6.07) is 5.52. The predicted octanol–water partition coefficient (Wildman–Crippen LogP) is 4.81. The van der Waals surface area contributed by atoms with Gasteiger partial charge in [0.25, 0.3) is 0 Å². The van der Waals surface area contributed by atoms with Crippen LogP contribution in [0.4, 0.5) is 10.7 Å². The van der Waals surface area contributed by atoms with Crippen molar-refractivity contribution in [1.29, 1.82) is 0 Å². The highest BCUT2D eigenvalue weighted by molar-refractivity contribution is 9.10. The van der Waals surface area contributed by atoms with Crippen molar-refractivity contribution < 1.29 is 4.79 Å². The number of rotatable bonds is 3. The van der Waals surface area contributed by atoms with Crippen molar-refractivity contribution >= 4 is 55.5 Å². The third-order valence-electron chi connectivity index (χ3n) is 2.41. The van der Waals surface area contributed by atoms with Crippen LogP contribution in [0.15, 0.2) is 22.7 Å². The number of hydrogen-bond acceptors (Lipinski definition) is 4. The van der Waals surface area contributed by atoms with Crippen LogP contribution in [-0.2, 0) is 0 Å². The second kappa shape index (κ2) is 5.38. The molecule has 0 amide bonds. The lowest BCUT2D eigenvalue weighted by atomic mass is 10.2. The minimum absolute atomic E-state index is 0.00176. The van der Waals surface area contributed by atoms with Crippen molar-refractivity contribution in [3.05, 3.63) is 39.0 Å². The van der Waals surface area contributed by atoms with E-state index in [1.807, 2.05) is 19.1 Å². The van der Waals surface area contributed by atoms with Crippen molar-refractivity contribution in [2.45, 2.75) is 13.8 Å². The van der Waals surface area contributed by atoms with Crippen LogP contribution >= 0.6 is 39.1 Å². The summed E-state index contributed by atoms with van der Waals surface area (Å²) in [5.41, 5.74) is 2.19. The second-order valence-electron chi connectivity index (χ2n) is 3.75. The second-order valence-corrected chi connectivity index (χ2v) is 5.73. The molecule has 1 aromatic heterocycles. The van der Waals surface area contributed by atoms with Crippen LogP contribution in [0.2, 0.25) is 5.02 Å². The normalized spacial score (nSPS) is 10.4. The highest BCUT2D eigenvalue weighted by Gasteiger charge is 2.16. The molecule has 94 valence electrons. The van der Waals surface area contributed by atoms with Crippen LogP contribution in [0, 0.1) is 6.92 Å². The van der Waals surface area contributed by atoms with Gasteiger partial charge in [-0.2, -0.15) is 4.37 Å². The van der Waals surface area contributed by atoms with Gasteiger partial charge in [0.1, 0.15) is 5.00 Å². The summed E-state index contributed by atoms with van der Waals surface area (Å²) in [6.07, 6.45) is 0. The van der Waals surface area contributed by atoms with E-state index in [-0.39, 0.29) is 5.78 Å². The lowest BCUT2D eigenvalue weighted by Crippen LogP contribution is -1.99. The first-order valence-corrected chi connectivity index (χ1v) is 7.13. The summed E-state index contributed by atoms with van der Waals surface area (Å²) in [4.78, 5) is 11.6. The maximum atomic E-state index is 11.6. The van der Waals surface area contributed by atoms with E-state index in [2.05, 4.69) is 25.6 Å². The van der Waals surface area contributed by atoms with Gasteiger partial charge in [-0.3, -0.25) is 4.79 Å². The summed E-state index contributed by atoms with van der Waals surface area (Å²) >= 11 is 10.7. The van der Waals surface area contributed by atoms with Crippen LogP contribution in [0.5, 0.6) is 0 Å². The first-order valence-electron chi connectivity index (χ1n) is 5.19. The number of nitrogens with one attached hydrogen (secondary N) is 1. The minimum Gasteiger partial charge on any atom is -0.344 e. The molecule has 6 heteroatoms. The van der Waals surface area contributed by atoms with Gasteiger partial charge in [0.05, 0.1) is 26.4 Å². The molecular formula is C12H10BrClN2OS. The van der Waals surface area contributed by atoms with E-state index in [1.165, 1.54) is 18.5 Å². The smallest absolute Gasteiger partial charge is 0.164 e. The third-order valence-corrected chi connectivity index (χ3v) is 4.67. The fourth-order valence-corrected chi connectivity index (χ4v) is 2.99.